The topological polar surface area (TPSA) is 65.7 Å². The Morgan fingerprint density at radius 3 is 2.68 bits per heavy atom. The van der Waals surface area contributed by atoms with Crippen LogP contribution in [0.4, 0.5) is 0 Å². The van der Waals surface area contributed by atoms with Crippen LogP contribution >= 0.6 is 0 Å². The van der Waals surface area contributed by atoms with Gasteiger partial charge in [-0.1, -0.05) is 6.92 Å². The van der Waals surface area contributed by atoms with Crippen LogP contribution in [0.3, 0.4) is 0 Å². The first-order valence-electron chi connectivity index (χ1n) is 7.37. The maximum absolute atomic E-state index is 11.9. The predicted molar refractivity (Wildman–Crippen MR) is 83.3 cm³/mol. The number of rotatable bonds is 5. The van der Waals surface area contributed by atoms with Crippen LogP contribution in [-0.2, 0) is 16.0 Å². The van der Waals surface area contributed by atoms with Crippen molar-refractivity contribution in [2.45, 2.75) is 40.2 Å². The third-order valence-corrected chi connectivity index (χ3v) is 3.54. The van der Waals surface area contributed by atoms with Crippen LogP contribution < -0.4 is 10.4 Å². The van der Waals surface area contributed by atoms with E-state index in [2.05, 4.69) is 0 Å². The van der Waals surface area contributed by atoms with Crippen LogP contribution in [0.15, 0.2) is 27.4 Å². The third kappa shape index (κ3) is 3.13. The Morgan fingerprint density at radius 2 is 2.05 bits per heavy atom. The summed E-state index contributed by atoms with van der Waals surface area (Å²) in [5.41, 5.74) is 1.72. The van der Waals surface area contributed by atoms with Gasteiger partial charge >= 0.3 is 11.6 Å². The van der Waals surface area contributed by atoms with Crippen molar-refractivity contribution in [2.24, 2.45) is 0 Å². The van der Waals surface area contributed by atoms with E-state index in [4.69, 9.17) is 13.9 Å². The van der Waals surface area contributed by atoms with E-state index < -0.39 is 12.1 Å². The van der Waals surface area contributed by atoms with Crippen molar-refractivity contribution < 1.29 is 18.7 Å². The van der Waals surface area contributed by atoms with Gasteiger partial charge in [-0.3, -0.25) is 0 Å². The molecule has 0 spiro atoms. The molecule has 1 aromatic carbocycles. The normalized spacial score (nSPS) is 12.2. The van der Waals surface area contributed by atoms with Gasteiger partial charge in [-0.15, -0.1) is 0 Å². The number of esters is 1. The van der Waals surface area contributed by atoms with Gasteiger partial charge in [0.15, 0.2) is 6.10 Å². The second-order valence-corrected chi connectivity index (χ2v) is 5.02. The lowest BCUT2D eigenvalue weighted by Crippen LogP contribution is -2.26. The van der Waals surface area contributed by atoms with E-state index in [-0.39, 0.29) is 5.63 Å². The van der Waals surface area contributed by atoms with Gasteiger partial charge in [0.1, 0.15) is 11.3 Å². The number of ether oxygens (including phenoxy) is 2. The van der Waals surface area contributed by atoms with E-state index in [0.717, 1.165) is 10.9 Å². The van der Waals surface area contributed by atoms with Crippen LogP contribution in [-0.4, -0.2) is 18.7 Å². The molecule has 118 valence electrons. The number of hydrogen-bond donors (Lipinski definition) is 0. The highest BCUT2D eigenvalue weighted by Gasteiger charge is 2.17. The first kappa shape index (κ1) is 16.1. The highest BCUT2D eigenvalue weighted by Crippen LogP contribution is 2.25. The standard InChI is InChI=1S/C17H20O5/c1-5-13-10(3)14-8-7-12(9-15(14)22-17(13)19)21-11(4)16(18)20-6-2/h7-9,11H,5-6H2,1-4H3. The average Bonchev–Trinajstić information content (AvgIpc) is 2.47. The molecule has 0 radical (unpaired) electrons. The summed E-state index contributed by atoms with van der Waals surface area (Å²) in [6.45, 7) is 7.48. The molecule has 0 aliphatic heterocycles. The molecule has 0 saturated carbocycles. The van der Waals surface area contributed by atoms with Gasteiger partial charge in [0, 0.05) is 17.0 Å². The van der Waals surface area contributed by atoms with E-state index in [1.54, 1.807) is 26.0 Å². The van der Waals surface area contributed by atoms with E-state index >= 15 is 0 Å². The number of hydrogen-bond acceptors (Lipinski definition) is 5. The Kier molecular flexibility index (Phi) is 4.85. The Labute approximate surface area is 128 Å². The molecule has 5 nitrogen and oxygen atoms in total. The summed E-state index contributed by atoms with van der Waals surface area (Å²) in [5, 5.41) is 0.868. The van der Waals surface area contributed by atoms with Crippen molar-refractivity contribution in [3.63, 3.8) is 0 Å². The second-order valence-electron chi connectivity index (χ2n) is 5.02. The Balaban J connectivity index is 2.35. The zero-order valence-corrected chi connectivity index (χ0v) is 13.3. The lowest BCUT2D eigenvalue weighted by atomic mass is 10.0. The maximum atomic E-state index is 11.9. The monoisotopic (exact) mass is 304 g/mol. The minimum atomic E-state index is -0.722. The number of carbonyl (C=O) groups excluding carboxylic acids is 1. The molecule has 0 bridgehead atoms. The molecule has 2 aromatic rings. The number of carbonyl (C=O) groups is 1. The van der Waals surface area contributed by atoms with Crippen molar-refractivity contribution in [3.8, 4) is 5.75 Å². The van der Waals surface area contributed by atoms with Crippen LogP contribution in [0.2, 0.25) is 0 Å². The molecule has 1 heterocycles. The molecule has 0 amide bonds. The smallest absolute Gasteiger partial charge is 0.347 e. The molecule has 1 atom stereocenters. The lowest BCUT2D eigenvalue weighted by Gasteiger charge is -2.14. The summed E-state index contributed by atoms with van der Waals surface area (Å²) >= 11 is 0. The molecular formula is C17H20O5. The second kappa shape index (κ2) is 6.64. The SMILES string of the molecule is CCOC(=O)C(C)Oc1ccc2c(C)c(CC)c(=O)oc2c1. The molecule has 0 aliphatic rings. The highest BCUT2D eigenvalue weighted by molar-refractivity contribution is 5.82. The van der Waals surface area contributed by atoms with Gasteiger partial charge in [0.2, 0.25) is 0 Å². The molecule has 0 saturated heterocycles. The Hall–Kier alpha value is -2.30. The van der Waals surface area contributed by atoms with Gasteiger partial charge in [-0.25, -0.2) is 9.59 Å². The van der Waals surface area contributed by atoms with Crippen molar-refractivity contribution in [1.29, 1.82) is 0 Å². The van der Waals surface area contributed by atoms with Crippen molar-refractivity contribution in [1.82, 2.24) is 0 Å². The van der Waals surface area contributed by atoms with Gasteiger partial charge in [0.05, 0.1) is 6.61 Å². The zero-order chi connectivity index (χ0) is 16.3. The van der Waals surface area contributed by atoms with Crippen LogP contribution in [0.5, 0.6) is 5.75 Å². The Bertz CT molecular complexity index is 745. The van der Waals surface area contributed by atoms with E-state index in [1.807, 2.05) is 19.9 Å². The van der Waals surface area contributed by atoms with Gasteiger partial charge in [-0.2, -0.15) is 0 Å². The number of fused-ring (bicyclic) bond motifs is 1. The molecule has 0 N–H and O–H groups in total. The van der Waals surface area contributed by atoms with Gasteiger partial charge in [-0.05, 0) is 44.9 Å². The largest absolute Gasteiger partial charge is 0.479 e. The fourth-order valence-corrected chi connectivity index (χ4v) is 2.37. The fraction of sp³-hybridized carbons (Fsp3) is 0.412. The highest BCUT2D eigenvalue weighted by atomic mass is 16.6. The summed E-state index contributed by atoms with van der Waals surface area (Å²) in [6, 6.07) is 5.21. The van der Waals surface area contributed by atoms with Crippen LogP contribution in [0, 0.1) is 6.92 Å². The Morgan fingerprint density at radius 1 is 1.32 bits per heavy atom. The van der Waals surface area contributed by atoms with E-state index in [1.165, 1.54) is 0 Å². The molecule has 22 heavy (non-hydrogen) atoms. The van der Waals surface area contributed by atoms with E-state index in [9.17, 15) is 9.59 Å². The first-order valence-corrected chi connectivity index (χ1v) is 7.37. The lowest BCUT2D eigenvalue weighted by molar-refractivity contribution is -0.150. The quantitative estimate of drug-likeness (QED) is 0.627. The van der Waals surface area contributed by atoms with Crippen LogP contribution in [0.1, 0.15) is 31.9 Å². The molecule has 1 unspecified atom stereocenters. The fourth-order valence-electron chi connectivity index (χ4n) is 2.37. The van der Waals surface area contributed by atoms with Gasteiger partial charge < -0.3 is 13.9 Å². The van der Waals surface area contributed by atoms with Crippen molar-refractivity contribution in [3.05, 3.63) is 39.7 Å². The molecule has 0 aliphatic carbocycles. The minimum Gasteiger partial charge on any atom is -0.479 e. The summed E-state index contributed by atoms with van der Waals surface area (Å²) in [4.78, 5) is 23.5. The molecular weight excluding hydrogens is 284 g/mol. The van der Waals surface area contributed by atoms with Crippen LogP contribution in [0.25, 0.3) is 11.0 Å². The predicted octanol–water partition coefficient (Wildman–Crippen LogP) is 2.99. The maximum Gasteiger partial charge on any atom is 0.347 e. The van der Waals surface area contributed by atoms with Gasteiger partial charge in [0.25, 0.3) is 0 Å². The molecule has 2 rings (SSSR count). The number of aryl methyl sites for hydroxylation is 1. The van der Waals surface area contributed by atoms with E-state index in [0.29, 0.717) is 29.9 Å². The van der Waals surface area contributed by atoms with Crippen molar-refractivity contribution >= 4 is 16.9 Å². The zero-order valence-electron chi connectivity index (χ0n) is 13.3. The summed E-state index contributed by atoms with van der Waals surface area (Å²) in [7, 11) is 0. The van der Waals surface area contributed by atoms with Crippen molar-refractivity contribution in [2.75, 3.05) is 6.61 Å². The molecule has 5 heteroatoms. The molecule has 1 aromatic heterocycles. The summed E-state index contributed by atoms with van der Waals surface area (Å²) < 4.78 is 15.8. The third-order valence-electron chi connectivity index (χ3n) is 3.54. The summed E-state index contributed by atoms with van der Waals surface area (Å²) in [5.74, 6) is 0.0291. The first-order chi connectivity index (χ1) is 10.5. The molecule has 0 fully saturated rings. The summed E-state index contributed by atoms with van der Waals surface area (Å²) in [6.07, 6.45) is -0.0949. The number of benzene rings is 1. The minimum absolute atomic E-state index is 0.304. The average molecular weight is 304 g/mol.